The van der Waals surface area contributed by atoms with Crippen LogP contribution in [0.1, 0.15) is 27.9 Å². The third kappa shape index (κ3) is 2.93. The minimum Gasteiger partial charge on any atom is -0.490 e. The number of fused-ring (bicyclic) bond motifs is 2. The zero-order valence-electron chi connectivity index (χ0n) is 20.5. The number of methoxy groups -OCH3 is 2. The Bertz CT molecular complexity index is 1510. The van der Waals surface area contributed by atoms with Crippen LogP contribution in [0.5, 0.6) is 11.5 Å². The molecule has 11 heteroatoms. The van der Waals surface area contributed by atoms with E-state index >= 15 is 0 Å². The van der Waals surface area contributed by atoms with E-state index in [2.05, 4.69) is 15.9 Å². The van der Waals surface area contributed by atoms with Crippen molar-refractivity contribution in [2.24, 2.45) is 0 Å². The summed E-state index contributed by atoms with van der Waals surface area (Å²) < 4.78 is 17.3. The Labute approximate surface area is 226 Å². The molecule has 1 fully saturated rings. The van der Waals surface area contributed by atoms with E-state index < -0.39 is 22.2 Å². The van der Waals surface area contributed by atoms with E-state index in [9.17, 15) is 19.7 Å². The van der Waals surface area contributed by atoms with Crippen LogP contribution < -0.4 is 14.4 Å². The predicted octanol–water partition coefficient (Wildman–Crippen LogP) is 4.98. The average molecular weight is 580 g/mol. The Balaban J connectivity index is 1.71. The predicted molar refractivity (Wildman–Crippen MR) is 140 cm³/mol. The van der Waals surface area contributed by atoms with Gasteiger partial charge in [0.1, 0.15) is 15.8 Å². The second-order valence-corrected chi connectivity index (χ2v) is 10.1. The molecule has 10 nitrogen and oxygen atoms in total. The van der Waals surface area contributed by atoms with E-state index in [1.165, 1.54) is 25.2 Å². The number of hydrogen-bond donors (Lipinski definition) is 0. The Hall–Kier alpha value is -4.12. The van der Waals surface area contributed by atoms with E-state index in [0.29, 0.717) is 35.5 Å². The number of carbonyl (C=O) groups is 2. The monoisotopic (exact) mass is 579 g/mol. The van der Waals surface area contributed by atoms with Gasteiger partial charge in [-0.25, -0.2) is 4.79 Å². The Morgan fingerprint density at radius 3 is 2.50 bits per heavy atom. The molecule has 0 N–H and O–H groups in total. The number of benzene rings is 3. The van der Waals surface area contributed by atoms with E-state index in [4.69, 9.17) is 14.2 Å². The molecule has 0 radical (unpaired) electrons. The molecule has 3 aromatic rings. The summed E-state index contributed by atoms with van der Waals surface area (Å²) in [6.45, 7) is 0.281. The van der Waals surface area contributed by atoms with Crippen LogP contribution in [0, 0.1) is 10.1 Å². The summed E-state index contributed by atoms with van der Waals surface area (Å²) in [5, 5.41) is 12.2. The molecule has 194 valence electrons. The van der Waals surface area contributed by atoms with Gasteiger partial charge in [-0.1, -0.05) is 36.4 Å². The summed E-state index contributed by atoms with van der Waals surface area (Å²) in [5.74, 6) is 0.0315. The molecule has 0 saturated carbocycles. The van der Waals surface area contributed by atoms with Crippen molar-refractivity contribution in [1.29, 1.82) is 0 Å². The number of nitrogens with zero attached hydrogens (tertiary/aromatic N) is 3. The largest absolute Gasteiger partial charge is 0.490 e. The van der Waals surface area contributed by atoms with Crippen LogP contribution in [0.25, 0.3) is 0 Å². The normalized spacial score (nSPS) is 22.5. The number of hydrogen-bond acceptors (Lipinski definition) is 7. The molecule has 6 rings (SSSR count). The second kappa shape index (κ2) is 8.45. The molecule has 3 aromatic carbocycles. The number of nitro groups is 1. The van der Waals surface area contributed by atoms with Crippen LogP contribution in [0.4, 0.5) is 16.2 Å². The lowest BCUT2D eigenvalue weighted by Crippen LogP contribution is -2.66. The van der Waals surface area contributed by atoms with Crippen molar-refractivity contribution in [3.63, 3.8) is 0 Å². The smallest absolute Gasteiger partial charge is 0.409 e. The lowest BCUT2D eigenvalue weighted by molar-refractivity contribution is -0.386. The second-order valence-electron chi connectivity index (χ2n) is 9.33. The number of para-hydroxylation sites is 1. The molecule has 3 aliphatic rings. The van der Waals surface area contributed by atoms with Crippen molar-refractivity contribution in [1.82, 2.24) is 4.90 Å². The first kappa shape index (κ1) is 24.2. The molecule has 2 atom stereocenters. The van der Waals surface area contributed by atoms with Crippen LogP contribution in [0.15, 0.2) is 65.1 Å². The molecule has 0 aliphatic carbocycles. The number of amides is 2. The van der Waals surface area contributed by atoms with Gasteiger partial charge in [-0.2, -0.15) is 0 Å². The average Bonchev–Trinajstić information content (AvgIpc) is 3.36. The molecule has 0 aromatic heterocycles. The van der Waals surface area contributed by atoms with Crippen LogP contribution >= 0.6 is 15.9 Å². The number of halogens is 1. The number of piperidine rings is 1. The molecule has 2 amide bonds. The summed E-state index contributed by atoms with van der Waals surface area (Å²) in [4.78, 5) is 42.0. The standard InChI is InChI=1S/C27H22BrN3O7/c1-36-20-14-19-21(22(28)23(20)31(34)35)26-15-29(25(33)37-2)13-12-27(26,38-19)17-10-6-7-11-18(17)30(26)24(32)16-8-4-3-5-9-16/h3-11,14H,12-13,15H2,1-2H3/t26-,27?/m0/s1. The van der Waals surface area contributed by atoms with Crippen LogP contribution in [-0.2, 0) is 15.9 Å². The highest BCUT2D eigenvalue weighted by Crippen LogP contribution is 2.69. The van der Waals surface area contributed by atoms with Crippen molar-refractivity contribution in [2.45, 2.75) is 17.6 Å². The van der Waals surface area contributed by atoms with Crippen molar-refractivity contribution in [3.8, 4) is 11.5 Å². The van der Waals surface area contributed by atoms with Gasteiger partial charge < -0.3 is 19.1 Å². The molecule has 38 heavy (non-hydrogen) atoms. The molecule has 1 saturated heterocycles. The highest BCUT2D eigenvalue weighted by Gasteiger charge is 2.74. The highest BCUT2D eigenvalue weighted by atomic mass is 79.9. The van der Waals surface area contributed by atoms with Crippen LogP contribution in [-0.4, -0.2) is 49.1 Å². The van der Waals surface area contributed by atoms with Gasteiger partial charge in [-0.15, -0.1) is 0 Å². The summed E-state index contributed by atoms with van der Waals surface area (Å²) in [6, 6.07) is 17.7. The molecule has 0 spiro atoms. The fourth-order valence-corrected chi connectivity index (χ4v) is 7.10. The van der Waals surface area contributed by atoms with Gasteiger partial charge in [0, 0.05) is 35.7 Å². The van der Waals surface area contributed by atoms with Crippen molar-refractivity contribution in [2.75, 3.05) is 32.2 Å². The number of rotatable bonds is 3. The van der Waals surface area contributed by atoms with E-state index in [-0.39, 0.29) is 28.4 Å². The lowest BCUT2D eigenvalue weighted by atomic mass is 9.70. The zero-order chi connectivity index (χ0) is 26.8. The van der Waals surface area contributed by atoms with Gasteiger partial charge in [0.25, 0.3) is 5.91 Å². The van der Waals surface area contributed by atoms with Gasteiger partial charge in [-0.3, -0.25) is 19.8 Å². The highest BCUT2D eigenvalue weighted by molar-refractivity contribution is 9.10. The third-order valence-electron chi connectivity index (χ3n) is 7.71. The Morgan fingerprint density at radius 2 is 1.82 bits per heavy atom. The number of anilines is 1. The van der Waals surface area contributed by atoms with E-state index in [1.54, 1.807) is 29.2 Å². The van der Waals surface area contributed by atoms with Gasteiger partial charge >= 0.3 is 11.8 Å². The van der Waals surface area contributed by atoms with Crippen LogP contribution in [0.2, 0.25) is 0 Å². The fraction of sp³-hybridized carbons (Fsp3) is 0.259. The fourth-order valence-electron chi connectivity index (χ4n) is 6.24. The number of nitro benzene ring substituents is 1. The number of carbonyl (C=O) groups excluding carboxylic acids is 2. The zero-order valence-corrected chi connectivity index (χ0v) is 22.1. The van der Waals surface area contributed by atoms with Gasteiger partial charge in [0.15, 0.2) is 5.60 Å². The SMILES string of the molecule is COC(=O)N1CCC23Oc4cc(OC)c([N+](=O)[O-])c(Br)c4[C@]2(C1)N(C(=O)c1ccccc1)c1ccccc13. The van der Waals surface area contributed by atoms with E-state index in [0.717, 1.165) is 5.56 Å². The van der Waals surface area contributed by atoms with Gasteiger partial charge in [0.2, 0.25) is 5.75 Å². The van der Waals surface area contributed by atoms with Crippen molar-refractivity contribution in [3.05, 3.63) is 91.9 Å². The topological polar surface area (TPSA) is 111 Å². The van der Waals surface area contributed by atoms with Crippen molar-refractivity contribution >= 4 is 39.3 Å². The Morgan fingerprint density at radius 1 is 1.11 bits per heavy atom. The molecule has 3 heterocycles. The minimum absolute atomic E-state index is 0.0119. The van der Waals surface area contributed by atoms with E-state index in [1.807, 2.05) is 30.3 Å². The summed E-state index contributed by atoms with van der Waals surface area (Å²) in [5.41, 5.74) is -0.555. The molecule has 3 aliphatic heterocycles. The molecular weight excluding hydrogens is 558 g/mol. The molecule has 1 unspecified atom stereocenters. The maximum Gasteiger partial charge on any atom is 0.409 e. The quantitative estimate of drug-likeness (QED) is 0.317. The lowest BCUT2D eigenvalue weighted by Gasteiger charge is -2.50. The van der Waals surface area contributed by atoms with Gasteiger partial charge in [0.05, 0.1) is 31.4 Å². The Kier molecular flexibility index (Phi) is 5.39. The number of ether oxygens (including phenoxy) is 3. The molecular formula is C27H22BrN3O7. The minimum atomic E-state index is -1.35. The number of likely N-dealkylation sites (tertiary alicyclic amines) is 1. The maximum absolute atomic E-state index is 14.4. The third-order valence-corrected chi connectivity index (χ3v) is 8.48. The first-order valence-electron chi connectivity index (χ1n) is 11.9. The summed E-state index contributed by atoms with van der Waals surface area (Å²) >= 11 is 3.49. The summed E-state index contributed by atoms with van der Waals surface area (Å²) in [6.07, 6.45) is -0.252. The van der Waals surface area contributed by atoms with Crippen LogP contribution in [0.3, 0.4) is 0 Å². The van der Waals surface area contributed by atoms with Gasteiger partial charge in [-0.05, 0) is 34.1 Å². The first-order chi connectivity index (χ1) is 18.3. The van der Waals surface area contributed by atoms with Crippen molar-refractivity contribution < 1.29 is 28.7 Å². The summed E-state index contributed by atoms with van der Waals surface area (Å²) in [7, 11) is 2.64. The maximum atomic E-state index is 14.4. The first-order valence-corrected chi connectivity index (χ1v) is 12.7. The molecule has 0 bridgehead atoms.